The van der Waals surface area contributed by atoms with Gasteiger partial charge in [0.15, 0.2) is 5.82 Å². The SMILES string of the molecule is O=c1[nH]ccnc1NCc1ccccc1. The van der Waals surface area contributed by atoms with Gasteiger partial charge in [-0.05, 0) is 5.56 Å². The molecule has 2 N–H and O–H groups in total. The van der Waals surface area contributed by atoms with Crippen molar-refractivity contribution in [3.05, 3.63) is 58.6 Å². The van der Waals surface area contributed by atoms with Gasteiger partial charge < -0.3 is 10.3 Å². The molecule has 0 radical (unpaired) electrons. The van der Waals surface area contributed by atoms with E-state index in [1.807, 2.05) is 30.3 Å². The van der Waals surface area contributed by atoms with E-state index in [2.05, 4.69) is 15.3 Å². The van der Waals surface area contributed by atoms with Crippen LogP contribution in [0, 0.1) is 0 Å². The molecule has 0 aliphatic heterocycles. The molecule has 1 heterocycles. The Hall–Kier alpha value is -2.10. The second-order valence-electron chi connectivity index (χ2n) is 3.11. The zero-order valence-corrected chi connectivity index (χ0v) is 8.10. The first-order valence-electron chi connectivity index (χ1n) is 4.68. The Balaban J connectivity index is 2.06. The van der Waals surface area contributed by atoms with Crippen molar-refractivity contribution >= 4 is 5.82 Å². The Kier molecular flexibility index (Phi) is 2.78. The number of nitrogens with one attached hydrogen (secondary N) is 2. The number of aromatic nitrogens is 2. The van der Waals surface area contributed by atoms with Gasteiger partial charge in [0.25, 0.3) is 5.56 Å². The van der Waals surface area contributed by atoms with Crippen LogP contribution in [-0.4, -0.2) is 9.97 Å². The monoisotopic (exact) mass is 201 g/mol. The fourth-order valence-corrected chi connectivity index (χ4v) is 1.26. The van der Waals surface area contributed by atoms with E-state index in [1.54, 1.807) is 6.20 Å². The zero-order valence-electron chi connectivity index (χ0n) is 8.10. The zero-order chi connectivity index (χ0) is 10.5. The van der Waals surface area contributed by atoms with E-state index in [0.717, 1.165) is 5.56 Å². The third-order valence-electron chi connectivity index (χ3n) is 2.01. The Morgan fingerprint density at radius 3 is 2.80 bits per heavy atom. The molecule has 0 aliphatic rings. The van der Waals surface area contributed by atoms with Crippen molar-refractivity contribution in [2.24, 2.45) is 0 Å². The summed E-state index contributed by atoms with van der Waals surface area (Å²) in [6, 6.07) is 9.85. The number of hydrogen-bond donors (Lipinski definition) is 2. The van der Waals surface area contributed by atoms with E-state index in [1.165, 1.54) is 6.20 Å². The number of hydrogen-bond acceptors (Lipinski definition) is 3. The number of H-pyrrole nitrogens is 1. The smallest absolute Gasteiger partial charge is 0.290 e. The first-order chi connectivity index (χ1) is 7.36. The lowest BCUT2D eigenvalue weighted by atomic mass is 10.2. The number of anilines is 1. The van der Waals surface area contributed by atoms with E-state index < -0.39 is 0 Å². The third kappa shape index (κ3) is 2.43. The van der Waals surface area contributed by atoms with Crippen molar-refractivity contribution in [3.8, 4) is 0 Å². The van der Waals surface area contributed by atoms with Crippen molar-refractivity contribution < 1.29 is 0 Å². The number of nitrogens with zero attached hydrogens (tertiary/aromatic N) is 1. The number of benzene rings is 1. The molecule has 0 saturated carbocycles. The summed E-state index contributed by atoms with van der Waals surface area (Å²) < 4.78 is 0. The minimum Gasteiger partial charge on any atom is -0.361 e. The molecule has 2 rings (SSSR count). The van der Waals surface area contributed by atoms with E-state index >= 15 is 0 Å². The van der Waals surface area contributed by atoms with Crippen LogP contribution in [-0.2, 0) is 6.54 Å². The summed E-state index contributed by atoms with van der Waals surface area (Å²) in [6.07, 6.45) is 3.06. The quantitative estimate of drug-likeness (QED) is 0.788. The summed E-state index contributed by atoms with van der Waals surface area (Å²) in [5.41, 5.74) is 0.913. The van der Waals surface area contributed by atoms with Gasteiger partial charge in [-0.25, -0.2) is 4.98 Å². The largest absolute Gasteiger partial charge is 0.361 e. The normalized spacial score (nSPS) is 9.87. The maximum atomic E-state index is 11.3. The van der Waals surface area contributed by atoms with E-state index in [0.29, 0.717) is 12.4 Å². The molecule has 0 fully saturated rings. The fraction of sp³-hybridized carbons (Fsp3) is 0.0909. The van der Waals surface area contributed by atoms with Gasteiger partial charge in [-0.2, -0.15) is 0 Å². The molecular formula is C11H11N3O. The summed E-state index contributed by atoms with van der Waals surface area (Å²) in [7, 11) is 0. The highest BCUT2D eigenvalue weighted by atomic mass is 16.1. The molecule has 15 heavy (non-hydrogen) atoms. The minimum atomic E-state index is -0.201. The summed E-state index contributed by atoms with van der Waals surface area (Å²) in [4.78, 5) is 17.8. The molecule has 0 bridgehead atoms. The Labute approximate surface area is 87.0 Å². The lowest BCUT2D eigenvalue weighted by Gasteiger charge is -2.03. The standard InChI is InChI=1S/C11H11N3O/c15-11-10(12-6-7-13-11)14-8-9-4-2-1-3-5-9/h1-7H,8H2,(H,12,14)(H,13,15). The van der Waals surface area contributed by atoms with Gasteiger partial charge >= 0.3 is 0 Å². The predicted octanol–water partition coefficient (Wildman–Crippen LogP) is 1.38. The van der Waals surface area contributed by atoms with E-state index in [9.17, 15) is 4.79 Å². The Bertz CT molecular complexity index is 478. The minimum absolute atomic E-state index is 0.201. The molecule has 2 aromatic rings. The molecule has 0 unspecified atom stereocenters. The van der Waals surface area contributed by atoms with Gasteiger partial charge in [0.2, 0.25) is 0 Å². The van der Waals surface area contributed by atoms with Gasteiger partial charge in [0.05, 0.1) is 0 Å². The molecule has 0 atom stereocenters. The van der Waals surface area contributed by atoms with Crippen LogP contribution in [0.1, 0.15) is 5.56 Å². The lowest BCUT2D eigenvalue weighted by Crippen LogP contribution is -2.14. The molecule has 76 valence electrons. The van der Waals surface area contributed by atoms with Crippen LogP contribution in [0.4, 0.5) is 5.82 Å². The lowest BCUT2D eigenvalue weighted by molar-refractivity contribution is 1.06. The van der Waals surface area contributed by atoms with Gasteiger partial charge in [0, 0.05) is 18.9 Å². The van der Waals surface area contributed by atoms with E-state index in [4.69, 9.17) is 0 Å². The van der Waals surface area contributed by atoms with Crippen LogP contribution < -0.4 is 10.9 Å². The molecule has 0 spiro atoms. The average molecular weight is 201 g/mol. The molecular weight excluding hydrogens is 190 g/mol. The maximum Gasteiger partial charge on any atom is 0.290 e. The van der Waals surface area contributed by atoms with E-state index in [-0.39, 0.29) is 5.56 Å². The Morgan fingerprint density at radius 2 is 2.07 bits per heavy atom. The second kappa shape index (κ2) is 4.41. The topological polar surface area (TPSA) is 57.8 Å². The molecule has 1 aromatic heterocycles. The van der Waals surface area contributed by atoms with Gasteiger partial charge in [-0.3, -0.25) is 4.79 Å². The molecule has 4 heteroatoms. The van der Waals surface area contributed by atoms with Crippen molar-refractivity contribution in [2.45, 2.75) is 6.54 Å². The van der Waals surface area contributed by atoms with Crippen LogP contribution in [0.25, 0.3) is 0 Å². The fourth-order valence-electron chi connectivity index (χ4n) is 1.26. The van der Waals surface area contributed by atoms with Crippen molar-refractivity contribution in [2.75, 3.05) is 5.32 Å². The van der Waals surface area contributed by atoms with Crippen LogP contribution >= 0.6 is 0 Å². The van der Waals surface area contributed by atoms with Crippen molar-refractivity contribution in [3.63, 3.8) is 0 Å². The molecule has 4 nitrogen and oxygen atoms in total. The van der Waals surface area contributed by atoms with Crippen molar-refractivity contribution in [1.82, 2.24) is 9.97 Å². The predicted molar refractivity (Wildman–Crippen MR) is 58.6 cm³/mol. The van der Waals surface area contributed by atoms with Crippen LogP contribution in [0.2, 0.25) is 0 Å². The van der Waals surface area contributed by atoms with Gasteiger partial charge in [-0.15, -0.1) is 0 Å². The van der Waals surface area contributed by atoms with Gasteiger partial charge in [0.1, 0.15) is 0 Å². The number of aromatic amines is 1. The Morgan fingerprint density at radius 1 is 1.27 bits per heavy atom. The summed E-state index contributed by atoms with van der Waals surface area (Å²) in [5.74, 6) is 0.348. The average Bonchev–Trinajstić information content (AvgIpc) is 2.29. The summed E-state index contributed by atoms with van der Waals surface area (Å²) >= 11 is 0. The van der Waals surface area contributed by atoms with Crippen LogP contribution in [0.3, 0.4) is 0 Å². The molecule has 0 aliphatic carbocycles. The summed E-state index contributed by atoms with van der Waals surface area (Å²) in [5, 5.41) is 2.97. The number of rotatable bonds is 3. The van der Waals surface area contributed by atoms with Crippen LogP contribution in [0.5, 0.6) is 0 Å². The first kappa shape index (κ1) is 9.45. The maximum absolute atomic E-state index is 11.3. The highest BCUT2D eigenvalue weighted by Gasteiger charge is 1.98. The second-order valence-corrected chi connectivity index (χ2v) is 3.11. The third-order valence-corrected chi connectivity index (χ3v) is 2.01. The summed E-state index contributed by atoms with van der Waals surface area (Å²) in [6.45, 7) is 0.598. The highest BCUT2D eigenvalue weighted by molar-refractivity contribution is 5.32. The van der Waals surface area contributed by atoms with Gasteiger partial charge in [-0.1, -0.05) is 30.3 Å². The molecule has 0 saturated heterocycles. The van der Waals surface area contributed by atoms with Crippen LogP contribution in [0.15, 0.2) is 47.5 Å². The first-order valence-corrected chi connectivity index (χ1v) is 4.68. The van der Waals surface area contributed by atoms with Crippen molar-refractivity contribution in [1.29, 1.82) is 0 Å². The highest BCUT2D eigenvalue weighted by Crippen LogP contribution is 2.00. The molecule has 1 aromatic carbocycles. The molecule has 0 amide bonds.